The Hall–Kier alpha value is -3.46. The summed E-state index contributed by atoms with van der Waals surface area (Å²) in [6.07, 6.45) is 2.24. The molecule has 0 bridgehead atoms. The van der Waals surface area contributed by atoms with E-state index in [9.17, 15) is 9.59 Å². The van der Waals surface area contributed by atoms with Crippen LogP contribution in [-0.4, -0.2) is 45.5 Å². The average molecular weight is 450 g/mol. The van der Waals surface area contributed by atoms with Crippen molar-refractivity contribution in [1.82, 2.24) is 5.43 Å². The molecule has 2 aromatic carbocycles. The van der Waals surface area contributed by atoms with Gasteiger partial charge < -0.3 is 24.7 Å². The van der Waals surface area contributed by atoms with Crippen molar-refractivity contribution in [3.63, 3.8) is 0 Å². The van der Waals surface area contributed by atoms with Gasteiger partial charge in [0.05, 0.1) is 32.1 Å². The van der Waals surface area contributed by atoms with E-state index in [1.165, 1.54) is 20.4 Å². The molecule has 2 rings (SSSR count). The van der Waals surface area contributed by atoms with Crippen molar-refractivity contribution in [3.8, 4) is 23.0 Å². The molecule has 0 radical (unpaired) electrons. The number of nitrogens with zero attached hydrogens (tertiary/aromatic N) is 1. The van der Waals surface area contributed by atoms with Crippen LogP contribution >= 0.6 is 11.6 Å². The first-order chi connectivity index (χ1) is 14.9. The Kier molecular flexibility index (Phi) is 8.95. The minimum absolute atomic E-state index is 0.182. The van der Waals surface area contributed by atoms with Gasteiger partial charge in [0.1, 0.15) is 0 Å². The zero-order chi connectivity index (χ0) is 22.8. The first-order valence-electron chi connectivity index (χ1n) is 9.32. The Bertz CT molecular complexity index is 964. The van der Waals surface area contributed by atoms with Gasteiger partial charge >= 0.3 is 0 Å². The molecule has 31 heavy (non-hydrogen) atoms. The number of amides is 2. The lowest BCUT2D eigenvalue weighted by Gasteiger charge is -2.12. The predicted molar refractivity (Wildman–Crippen MR) is 117 cm³/mol. The van der Waals surface area contributed by atoms with Crippen LogP contribution in [0.25, 0.3) is 0 Å². The molecular formula is C21H24ClN3O6. The first-order valence-corrected chi connectivity index (χ1v) is 9.70. The molecule has 2 aromatic rings. The molecule has 10 heteroatoms. The van der Waals surface area contributed by atoms with Gasteiger partial charge in [-0.05, 0) is 42.3 Å². The molecule has 0 aliphatic heterocycles. The molecule has 3 N–H and O–H groups in total. The number of hydrogen-bond donors (Lipinski definition) is 2. The summed E-state index contributed by atoms with van der Waals surface area (Å²) in [5.74, 6) is 0.401. The normalized spacial score (nSPS) is 10.6. The highest BCUT2D eigenvalue weighted by Crippen LogP contribution is 2.36. The Morgan fingerprint density at radius 2 is 1.84 bits per heavy atom. The molecule has 0 heterocycles. The van der Waals surface area contributed by atoms with E-state index in [1.807, 2.05) is 6.92 Å². The maximum absolute atomic E-state index is 12.4. The molecule has 0 unspecified atom stereocenters. The molecule has 0 aliphatic rings. The predicted octanol–water partition coefficient (Wildman–Crippen LogP) is 2.77. The Labute approximate surface area is 185 Å². The maximum Gasteiger partial charge on any atom is 0.271 e. The summed E-state index contributed by atoms with van der Waals surface area (Å²) in [6.45, 7) is 2.20. The SMILES string of the molecule is CCCOc1ccc(C(=O)N/N=C/c2cc(Cl)c(OCC(N)=O)c(OC)c2)cc1OC. The molecule has 0 atom stereocenters. The van der Waals surface area contributed by atoms with Crippen LogP contribution in [0.15, 0.2) is 35.4 Å². The number of rotatable bonds is 11. The van der Waals surface area contributed by atoms with E-state index in [0.717, 1.165) is 6.42 Å². The van der Waals surface area contributed by atoms with Gasteiger partial charge in [-0.2, -0.15) is 5.10 Å². The summed E-state index contributed by atoms with van der Waals surface area (Å²) in [7, 11) is 2.93. The number of ether oxygens (including phenoxy) is 4. The summed E-state index contributed by atoms with van der Waals surface area (Å²) in [5.41, 5.74) is 8.40. The van der Waals surface area contributed by atoms with Crippen LogP contribution in [0.4, 0.5) is 0 Å². The molecule has 0 aromatic heterocycles. The second kappa shape index (κ2) is 11.7. The van der Waals surface area contributed by atoms with Crippen molar-refractivity contribution in [1.29, 1.82) is 0 Å². The third-order valence-electron chi connectivity index (χ3n) is 3.88. The van der Waals surface area contributed by atoms with Crippen molar-refractivity contribution < 1.29 is 28.5 Å². The van der Waals surface area contributed by atoms with Gasteiger partial charge in [0.25, 0.3) is 11.8 Å². The van der Waals surface area contributed by atoms with Crippen LogP contribution in [0.3, 0.4) is 0 Å². The fourth-order valence-electron chi connectivity index (χ4n) is 2.47. The number of hydrazone groups is 1. The van der Waals surface area contributed by atoms with Crippen LogP contribution in [0.5, 0.6) is 23.0 Å². The molecule has 166 valence electrons. The standard InChI is InChI=1S/C21H24ClN3O6/c1-4-7-30-16-6-5-14(10-17(16)28-2)21(27)25-24-11-13-8-15(22)20(18(9-13)29-3)31-12-19(23)26/h5-6,8-11H,4,7,12H2,1-3H3,(H2,23,26)(H,25,27)/b24-11+. The van der Waals surface area contributed by atoms with Gasteiger partial charge in [0.2, 0.25) is 0 Å². The van der Waals surface area contributed by atoms with Crippen LogP contribution in [0.1, 0.15) is 29.3 Å². The summed E-state index contributed by atoms with van der Waals surface area (Å²) < 4.78 is 21.3. The highest BCUT2D eigenvalue weighted by atomic mass is 35.5. The summed E-state index contributed by atoms with van der Waals surface area (Å²) >= 11 is 6.19. The molecule has 0 spiro atoms. The highest BCUT2D eigenvalue weighted by molar-refractivity contribution is 6.32. The van der Waals surface area contributed by atoms with Crippen molar-refractivity contribution in [2.45, 2.75) is 13.3 Å². The molecule has 9 nitrogen and oxygen atoms in total. The third kappa shape index (κ3) is 6.78. The number of hydrogen-bond acceptors (Lipinski definition) is 7. The largest absolute Gasteiger partial charge is 0.493 e. The van der Waals surface area contributed by atoms with Gasteiger partial charge in [-0.25, -0.2) is 5.43 Å². The van der Waals surface area contributed by atoms with Crippen LogP contribution in [0.2, 0.25) is 5.02 Å². The van der Waals surface area contributed by atoms with Gasteiger partial charge in [-0.15, -0.1) is 0 Å². The molecule has 0 saturated heterocycles. The smallest absolute Gasteiger partial charge is 0.271 e. The lowest BCUT2D eigenvalue weighted by Crippen LogP contribution is -2.20. The number of methoxy groups -OCH3 is 2. The highest BCUT2D eigenvalue weighted by Gasteiger charge is 2.13. The molecule has 0 fully saturated rings. The zero-order valence-corrected chi connectivity index (χ0v) is 18.2. The van der Waals surface area contributed by atoms with Crippen molar-refractivity contribution in [3.05, 3.63) is 46.5 Å². The number of nitrogens with two attached hydrogens (primary N) is 1. The van der Waals surface area contributed by atoms with E-state index in [1.54, 1.807) is 30.3 Å². The minimum atomic E-state index is -0.645. The van der Waals surface area contributed by atoms with Crippen LogP contribution < -0.4 is 30.1 Å². The Morgan fingerprint density at radius 1 is 1.10 bits per heavy atom. The van der Waals surface area contributed by atoms with E-state index < -0.39 is 11.8 Å². The Morgan fingerprint density at radius 3 is 2.48 bits per heavy atom. The van der Waals surface area contributed by atoms with Gasteiger partial charge in [-0.1, -0.05) is 18.5 Å². The van der Waals surface area contributed by atoms with Crippen LogP contribution in [-0.2, 0) is 4.79 Å². The van der Waals surface area contributed by atoms with Gasteiger partial charge in [0, 0.05) is 5.56 Å². The summed E-state index contributed by atoms with van der Waals surface area (Å²) in [6, 6.07) is 7.98. The average Bonchev–Trinajstić information content (AvgIpc) is 2.76. The number of carbonyl (C=O) groups is 2. The fraction of sp³-hybridized carbons (Fsp3) is 0.286. The topological polar surface area (TPSA) is 121 Å². The van der Waals surface area contributed by atoms with Crippen molar-refractivity contribution >= 4 is 29.6 Å². The summed E-state index contributed by atoms with van der Waals surface area (Å²) in [4.78, 5) is 23.3. The molecule has 0 aliphatic carbocycles. The zero-order valence-electron chi connectivity index (χ0n) is 17.4. The minimum Gasteiger partial charge on any atom is -0.493 e. The number of carbonyl (C=O) groups excluding carboxylic acids is 2. The van der Waals surface area contributed by atoms with E-state index in [0.29, 0.717) is 29.2 Å². The Balaban J connectivity index is 2.10. The van der Waals surface area contributed by atoms with E-state index in [2.05, 4.69) is 10.5 Å². The number of benzene rings is 2. The van der Waals surface area contributed by atoms with E-state index in [-0.39, 0.29) is 23.1 Å². The maximum atomic E-state index is 12.4. The number of primary amides is 1. The second-order valence-corrected chi connectivity index (χ2v) is 6.61. The van der Waals surface area contributed by atoms with E-state index >= 15 is 0 Å². The van der Waals surface area contributed by atoms with Gasteiger partial charge in [0.15, 0.2) is 29.6 Å². The van der Waals surface area contributed by atoms with Gasteiger partial charge in [-0.3, -0.25) is 9.59 Å². The number of nitrogens with one attached hydrogen (secondary N) is 1. The molecule has 0 saturated carbocycles. The van der Waals surface area contributed by atoms with Crippen LogP contribution in [0, 0.1) is 0 Å². The second-order valence-electron chi connectivity index (χ2n) is 6.20. The quantitative estimate of drug-likeness (QED) is 0.402. The first kappa shape index (κ1) is 23.8. The fourth-order valence-corrected chi connectivity index (χ4v) is 2.74. The number of halogens is 1. The monoisotopic (exact) mass is 449 g/mol. The van der Waals surface area contributed by atoms with Crippen molar-refractivity contribution in [2.75, 3.05) is 27.4 Å². The lowest BCUT2D eigenvalue weighted by atomic mass is 10.2. The molecule has 2 amide bonds. The molecular weight excluding hydrogens is 426 g/mol. The lowest BCUT2D eigenvalue weighted by molar-refractivity contribution is -0.119. The van der Waals surface area contributed by atoms with Crippen molar-refractivity contribution in [2.24, 2.45) is 10.8 Å². The third-order valence-corrected chi connectivity index (χ3v) is 4.16. The summed E-state index contributed by atoms with van der Waals surface area (Å²) in [5, 5.41) is 4.14. The van der Waals surface area contributed by atoms with E-state index in [4.69, 9.17) is 36.3 Å².